The molecule has 12 nitrogen and oxygen atoms in total. The molecule has 0 unspecified atom stereocenters. The van der Waals surface area contributed by atoms with Crippen LogP contribution >= 0.6 is 15.6 Å². The number of rotatable bonds is 6. The van der Waals surface area contributed by atoms with Gasteiger partial charge < -0.3 is 39.6 Å². The summed E-state index contributed by atoms with van der Waals surface area (Å²) in [5.41, 5.74) is 0. The molecule has 0 bridgehead atoms. The van der Waals surface area contributed by atoms with Gasteiger partial charge in [0.25, 0.3) is 0 Å². The monoisotopic (exact) mass is 382 g/mol. The molecule has 0 aromatic carbocycles. The average molecular weight is 382 g/mol. The van der Waals surface area contributed by atoms with Crippen molar-refractivity contribution in [3.8, 4) is 0 Å². The van der Waals surface area contributed by atoms with Gasteiger partial charge in [0.1, 0.15) is 24.9 Å². The SMILES string of the molecule is O=P(O)(O)OC[C@H]1O[C@](O)(COP(=O)(O)O)[C@@H](O)[C@@H]1O.[CaH2]. The summed E-state index contributed by atoms with van der Waals surface area (Å²) in [5, 5.41) is 28.8. The fourth-order valence-corrected chi connectivity index (χ4v) is 2.17. The second-order valence-corrected chi connectivity index (χ2v) is 6.47. The average Bonchev–Trinajstić information content (AvgIpc) is 2.48. The Morgan fingerprint density at radius 2 is 1.52 bits per heavy atom. The first-order chi connectivity index (χ1) is 8.84. The van der Waals surface area contributed by atoms with Crippen LogP contribution in [0.1, 0.15) is 0 Å². The first-order valence-corrected chi connectivity index (χ1v) is 8.07. The Kier molecular flexibility index (Phi) is 8.43. The van der Waals surface area contributed by atoms with Gasteiger partial charge in [0, 0.05) is 0 Å². The molecular weight excluding hydrogens is 366 g/mol. The van der Waals surface area contributed by atoms with E-state index in [1.165, 1.54) is 0 Å². The number of ether oxygens (including phenoxy) is 1. The number of phosphoric acid groups is 2. The first-order valence-electron chi connectivity index (χ1n) is 5.00. The topological polar surface area (TPSA) is 203 Å². The van der Waals surface area contributed by atoms with E-state index in [4.69, 9.17) is 19.6 Å². The van der Waals surface area contributed by atoms with Crippen LogP contribution in [0.15, 0.2) is 0 Å². The molecule has 0 radical (unpaired) electrons. The van der Waals surface area contributed by atoms with Crippen molar-refractivity contribution < 1.29 is 57.8 Å². The molecule has 0 aliphatic carbocycles. The van der Waals surface area contributed by atoms with E-state index in [9.17, 15) is 24.4 Å². The molecule has 0 aromatic rings. The number of aliphatic hydroxyl groups is 3. The number of phosphoric ester groups is 2. The van der Waals surface area contributed by atoms with Crippen LogP contribution in [0, 0.1) is 0 Å². The molecule has 1 aliphatic rings. The van der Waals surface area contributed by atoms with Crippen molar-refractivity contribution in [1.29, 1.82) is 0 Å². The van der Waals surface area contributed by atoms with E-state index in [0.29, 0.717) is 0 Å². The summed E-state index contributed by atoms with van der Waals surface area (Å²) in [6.07, 6.45) is -5.38. The summed E-state index contributed by atoms with van der Waals surface area (Å²) in [4.78, 5) is 33.9. The molecular formula is C6H16CaO12P2. The van der Waals surface area contributed by atoms with Crippen LogP contribution in [0.2, 0.25) is 0 Å². The van der Waals surface area contributed by atoms with Gasteiger partial charge in [-0.2, -0.15) is 0 Å². The van der Waals surface area contributed by atoms with E-state index < -0.39 is 53.0 Å². The molecule has 0 saturated carbocycles. The van der Waals surface area contributed by atoms with Gasteiger partial charge in [-0.25, -0.2) is 9.13 Å². The van der Waals surface area contributed by atoms with Gasteiger partial charge >= 0.3 is 53.4 Å². The molecule has 1 aliphatic heterocycles. The van der Waals surface area contributed by atoms with Gasteiger partial charge in [-0.1, -0.05) is 0 Å². The molecule has 1 heterocycles. The van der Waals surface area contributed by atoms with E-state index in [2.05, 4.69) is 13.8 Å². The predicted molar refractivity (Wildman–Crippen MR) is 66.4 cm³/mol. The minimum atomic E-state index is -4.96. The first kappa shape index (κ1) is 22.3. The van der Waals surface area contributed by atoms with Crippen molar-refractivity contribution in [2.45, 2.75) is 24.1 Å². The maximum absolute atomic E-state index is 10.5. The number of aliphatic hydroxyl groups excluding tert-OH is 2. The summed E-state index contributed by atoms with van der Waals surface area (Å²) < 4.78 is 33.6. The fraction of sp³-hybridized carbons (Fsp3) is 1.00. The van der Waals surface area contributed by atoms with Crippen molar-refractivity contribution in [3.63, 3.8) is 0 Å². The van der Waals surface area contributed by atoms with Crippen molar-refractivity contribution >= 4 is 53.4 Å². The van der Waals surface area contributed by atoms with Gasteiger partial charge in [-0.3, -0.25) is 9.05 Å². The zero-order valence-electron chi connectivity index (χ0n) is 9.71. The number of hydrogen-bond acceptors (Lipinski definition) is 8. The molecule has 21 heavy (non-hydrogen) atoms. The zero-order valence-corrected chi connectivity index (χ0v) is 11.5. The Morgan fingerprint density at radius 1 is 1.05 bits per heavy atom. The van der Waals surface area contributed by atoms with Gasteiger partial charge in [-0.15, -0.1) is 0 Å². The molecule has 0 amide bonds. The van der Waals surface area contributed by atoms with Crippen molar-refractivity contribution in [3.05, 3.63) is 0 Å². The summed E-state index contributed by atoms with van der Waals surface area (Å²) in [6.45, 7) is -2.05. The van der Waals surface area contributed by atoms with E-state index >= 15 is 0 Å². The Hall–Kier alpha value is 1.32. The maximum atomic E-state index is 10.5. The van der Waals surface area contributed by atoms with Crippen LogP contribution in [-0.4, -0.2) is 110 Å². The Morgan fingerprint density at radius 3 is 1.95 bits per heavy atom. The molecule has 0 aromatic heterocycles. The third-order valence-electron chi connectivity index (χ3n) is 2.37. The summed E-state index contributed by atoms with van der Waals surface area (Å²) in [7, 11) is -9.82. The molecule has 124 valence electrons. The Labute approximate surface area is 148 Å². The number of hydrogen-bond donors (Lipinski definition) is 7. The zero-order chi connectivity index (χ0) is 15.8. The van der Waals surface area contributed by atoms with Crippen molar-refractivity contribution in [1.82, 2.24) is 0 Å². The second kappa shape index (κ2) is 7.93. The van der Waals surface area contributed by atoms with E-state index in [1.807, 2.05) is 0 Å². The molecule has 7 N–H and O–H groups in total. The molecule has 0 spiro atoms. The third-order valence-corrected chi connectivity index (χ3v) is 3.32. The van der Waals surface area contributed by atoms with Gasteiger partial charge in [0.05, 0.1) is 6.61 Å². The molecule has 1 rings (SSSR count). The predicted octanol–water partition coefficient (Wildman–Crippen LogP) is -3.90. The second-order valence-electron chi connectivity index (χ2n) is 3.99. The van der Waals surface area contributed by atoms with Gasteiger partial charge in [-0.05, 0) is 0 Å². The Bertz CT molecular complexity index is 433. The van der Waals surface area contributed by atoms with Crippen LogP contribution in [-0.2, 0) is 22.9 Å². The van der Waals surface area contributed by atoms with E-state index in [0.717, 1.165) is 0 Å². The molecule has 1 fully saturated rings. The summed E-state index contributed by atoms with van der Waals surface area (Å²) >= 11 is 0. The molecule has 15 heteroatoms. The molecule has 4 atom stereocenters. The summed E-state index contributed by atoms with van der Waals surface area (Å²) in [6, 6.07) is 0. The van der Waals surface area contributed by atoms with Crippen molar-refractivity contribution in [2.24, 2.45) is 0 Å². The van der Waals surface area contributed by atoms with Crippen LogP contribution in [0.4, 0.5) is 0 Å². The quantitative estimate of drug-likeness (QED) is 0.174. The Balaban J connectivity index is 0.00000400. The van der Waals surface area contributed by atoms with Crippen LogP contribution in [0.5, 0.6) is 0 Å². The van der Waals surface area contributed by atoms with Gasteiger partial charge in [0.2, 0.25) is 5.79 Å². The van der Waals surface area contributed by atoms with Crippen molar-refractivity contribution in [2.75, 3.05) is 13.2 Å². The minimum absolute atomic E-state index is 0. The van der Waals surface area contributed by atoms with E-state index in [-0.39, 0.29) is 37.7 Å². The normalized spacial score (nSPS) is 33.8. The van der Waals surface area contributed by atoms with E-state index in [1.54, 1.807) is 0 Å². The summed E-state index contributed by atoms with van der Waals surface area (Å²) in [5.74, 6) is -2.66. The molecule has 1 saturated heterocycles. The fourth-order valence-electron chi connectivity index (χ4n) is 1.47. The van der Waals surface area contributed by atoms with Crippen LogP contribution in [0.25, 0.3) is 0 Å². The van der Waals surface area contributed by atoms with Crippen LogP contribution < -0.4 is 0 Å². The van der Waals surface area contributed by atoms with Crippen LogP contribution in [0.3, 0.4) is 0 Å². The third kappa shape index (κ3) is 7.17. The standard InChI is InChI=1S/C6H14O12P2.Ca.2H/c7-4-3(1-16-19(10,11)12)18-6(9,5(4)8)2-17-20(13,14)15;;;/h3-5,7-9H,1-2H2,(H2,10,11,12)(H2,13,14,15);;;/t3-,4-,5+,6-;;;/m1.../s1. The van der Waals surface area contributed by atoms with Gasteiger partial charge in [0.15, 0.2) is 0 Å².